The van der Waals surface area contributed by atoms with Crippen molar-refractivity contribution in [2.45, 2.75) is 66.7 Å². The number of carbonyl (C=O) groups is 1. The first kappa shape index (κ1) is 24.5. The average Bonchev–Trinajstić information content (AvgIpc) is 3.08. The van der Waals surface area contributed by atoms with Crippen molar-refractivity contribution in [1.82, 2.24) is 9.78 Å². The van der Waals surface area contributed by atoms with Gasteiger partial charge in [0.1, 0.15) is 17.3 Å². The van der Waals surface area contributed by atoms with Crippen LogP contribution >= 0.6 is 11.8 Å². The van der Waals surface area contributed by atoms with Gasteiger partial charge in [0.15, 0.2) is 5.76 Å². The number of benzene rings is 1. The van der Waals surface area contributed by atoms with Crippen LogP contribution in [0.25, 0.3) is 11.3 Å². The van der Waals surface area contributed by atoms with Gasteiger partial charge in [-0.1, -0.05) is 52.0 Å². The molecule has 1 aromatic heterocycles. The summed E-state index contributed by atoms with van der Waals surface area (Å²) in [6, 6.07) is 12.0. The zero-order valence-corrected chi connectivity index (χ0v) is 20.2. The first-order valence-electron chi connectivity index (χ1n) is 10.4. The van der Waals surface area contributed by atoms with Gasteiger partial charge in [0.2, 0.25) is 6.29 Å². The summed E-state index contributed by atoms with van der Waals surface area (Å²) in [4.78, 5) is 11.9. The maximum Gasteiger partial charge on any atom is 0.370 e. The van der Waals surface area contributed by atoms with Gasteiger partial charge in [-0.05, 0) is 48.2 Å². The Morgan fingerprint density at radius 3 is 2.39 bits per heavy atom. The Kier molecular flexibility index (Phi) is 8.35. The molecule has 0 spiro atoms. The van der Waals surface area contributed by atoms with E-state index in [2.05, 4.69) is 31.9 Å². The maximum absolute atomic E-state index is 11.9. The van der Waals surface area contributed by atoms with Crippen molar-refractivity contribution in [3.63, 3.8) is 0 Å². The summed E-state index contributed by atoms with van der Waals surface area (Å²) in [6.07, 6.45) is -0.862. The Morgan fingerprint density at radius 1 is 1.23 bits per heavy atom. The molecule has 31 heavy (non-hydrogen) atoms. The molecule has 0 aliphatic heterocycles. The third-order valence-electron chi connectivity index (χ3n) is 4.62. The van der Waals surface area contributed by atoms with Gasteiger partial charge in [0, 0.05) is 19.2 Å². The number of rotatable bonds is 7. The number of hydrogen-bond donors (Lipinski definition) is 0. The molecule has 0 fully saturated rings. The molecular formula is C24H31N3O3S. The van der Waals surface area contributed by atoms with Crippen molar-refractivity contribution in [3.05, 3.63) is 52.8 Å². The minimum atomic E-state index is -0.862. The molecule has 1 atom stereocenters. The third-order valence-corrected chi connectivity index (χ3v) is 5.24. The number of aryl methyl sites for hydroxylation is 2. The van der Waals surface area contributed by atoms with E-state index in [4.69, 9.17) is 9.47 Å². The second kappa shape index (κ2) is 10.5. The topological polar surface area (TPSA) is 77.1 Å². The Morgan fingerprint density at radius 2 is 1.87 bits per heavy atom. The van der Waals surface area contributed by atoms with Gasteiger partial charge in [-0.3, -0.25) is 4.68 Å². The summed E-state index contributed by atoms with van der Waals surface area (Å²) in [6.45, 7) is 14.4. The fourth-order valence-corrected chi connectivity index (χ4v) is 3.52. The van der Waals surface area contributed by atoms with E-state index in [1.54, 1.807) is 11.6 Å². The van der Waals surface area contributed by atoms with E-state index in [9.17, 15) is 10.1 Å². The highest BCUT2D eigenvalue weighted by Crippen LogP contribution is 2.31. The molecule has 0 radical (unpaired) electrons. The summed E-state index contributed by atoms with van der Waals surface area (Å²) in [5, 5.41) is 14.1. The zero-order chi connectivity index (χ0) is 23.2. The van der Waals surface area contributed by atoms with Gasteiger partial charge in [0.25, 0.3) is 0 Å². The molecule has 0 bridgehead atoms. The Labute approximate surface area is 189 Å². The summed E-state index contributed by atoms with van der Waals surface area (Å²) < 4.78 is 13.2. The molecule has 1 heterocycles. The van der Waals surface area contributed by atoms with E-state index in [-0.39, 0.29) is 5.41 Å². The van der Waals surface area contributed by atoms with E-state index in [0.717, 1.165) is 23.0 Å². The molecule has 7 heteroatoms. The van der Waals surface area contributed by atoms with Gasteiger partial charge >= 0.3 is 5.30 Å². The Balaban J connectivity index is 2.56. The first-order valence-corrected chi connectivity index (χ1v) is 11.4. The fraction of sp³-hybridized carbons (Fsp3) is 0.458. The number of hydrogen-bond acceptors (Lipinski definition) is 6. The van der Waals surface area contributed by atoms with Crippen molar-refractivity contribution < 1.29 is 14.3 Å². The van der Waals surface area contributed by atoms with Crippen molar-refractivity contribution >= 4 is 28.4 Å². The summed E-state index contributed by atoms with van der Waals surface area (Å²) >= 11 is 1.07. The summed E-state index contributed by atoms with van der Waals surface area (Å²) in [5.41, 5.74) is 3.75. The lowest BCUT2D eigenvalue weighted by atomic mass is 9.86. The molecule has 2 rings (SSSR count). The molecule has 166 valence electrons. The second-order valence-corrected chi connectivity index (χ2v) is 9.32. The van der Waals surface area contributed by atoms with Crippen LogP contribution in [0.15, 0.2) is 30.3 Å². The molecular weight excluding hydrogens is 410 g/mol. The van der Waals surface area contributed by atoms with E-state index < -0.39 is 11.6 Å². The Bertz CT molecular complexity index is 979. The largest absolute Gasteiger partial charge is 0.451 e. The molecule has 1 aromatic carbocycles. The molecule has 0 saturated carbocycles. The predicted octanol–water partition coefficient (Wildman–Crippen LogP) is 6.15. The van der Waals surface area contributed by atoms with Crippen LogP contribution in [0.5, 0.6) is 0 Å². The third kappa shape index (κ3) is 6.38. The van der Waals surface area contributed by atoms with Crippen LogP contribution in [0.4, 0.5) is 4.79 Å². The maximum atomic E-state index is 11.9. The van der Waals surface area contributed by atoms with Crippen molar-refractivity contribution in [1.29, 1.82) is 5.26 Å². The first-order chi connectivity index (χ1) is 14.6. The predicted molar refractivity (Wildman–Crippen MR) is 125 cm³/mol. The SMILES string of the molecule is CCSC(=O)OC(C)O/C(=C(/C#N)c1ccc(C(C)(C)C)cc1)c1cc(C)nn1CC. The van der Waals surface area contributed by atoms with Gasteiger partial charge < -0.3 is 9.47 Å². The number of aromatic nitrogens is 2. The van der Waals surface area contributed by atoms with Crippen LogP contribution < -0.4 is 0 Å². The molecule has 6 nitrogen and oxygen atoms in total. The van der Waals surface area contributed by atoms with Gasteiger partial charge in [-0.25, -0.2) is 4.79 Å². The quantitative estimate of drug-likeness (QED) is 0.222. The van der Waals surface area contributed by atoms with Crippen LogP contribution in [-0.2, 0) is 21.4 Å². The molecule has 0 aliphatic carbocycles. The highest BCUT2D eigenvalue weighted by molar-refractivity contribution is 8.13. The molecule has 0 N–H and O–H groups in total. The van der Waals surface area contributed by atoms with Crippen LogP contribution in [-0.4, -0.2) is 27.1 Å². The average molecular weight is 442 g/mol. The molecule has 0 saturated heterocycles. The van der Waals surface area contributed by atoms with Crippen molar-refractivity contribution in [2.24, 2.45) is 0 Å². The number of allylic oxidation sites excluding steroid dienone is 1. The number of thioether (sulfide) groups is 1. The van der Waals surface area contributed by atoms with E-state index in [0.29, 0.717) is 29.3 Å². The fourth-order valence-electron chi connectivity index (χ4n) is 3.08. The number of ether oxygens (including phenoxy) is 2. The van der Waals surface area contributed by atoms with Crippen molar-refractivity contribution in [2.75, 3.05) is 5.75 Å². The standard InChI is InChI=1S/C24H31N3O3S/c1-8-27-21(14-16(3)26-27)22(29-17(4)30-23(28)31-9-2)20(15-25)18-10-12-19(13-11-18)24(5,6)7/h10-14,17H,8-9H2,1-7H3/b22-20-. The Hall–Kier alpha value is -2.72. The molecule has 0 amide bonds. The highest BCUT2D eigenvalue weighted by atomic mass is 32.2. The summed E-state index contributed by atoms with van der Waals surface area (Å²) in [5.74, 6) is 0.954. The number of carbonyl (C=O) groups excluding carboxylic acids is 1. The second-order valence-electron chi connectivity index (χ2n) is 8.12. The van der Waals surface area contributed by atoms with E-state index >= 15 is 0 Å². The van der Waals surface area contributed by atoms with E-state index in [1.165, 1.54) is 5.56 Å². The van der Waals surface area contributed by atoms with Crippen LogP contribution in [0.2, 0.25) is 0 Å². The lowest BCUT2D eigenvalue weighted by Crippen LogP contribution is -2.17. The zero-order valence-electron chi connectivity index (χ0n) is 19.4. The smallest absolute Gasteiger partial charge is 0.370 e. The lowest BCUT2D eigenvalue weighted by Gasteiger charge is -2.21. The minimum Gasteiger partial charge on any atom is -0.451 e. The monoisotopic (exact) mass is 441 g/mol. The normalized spacial score (nSPS) is 13.2. The lowest BCUT2D eigenvalue weighted by molar-refractivity contribution is -0.0254. The van der Waals surface area contributed by atoms with Crippen LogP contribution in [0, 0.1) is 18.3 Å². The van der Waals surface area contributed by atoms with Crippen LogP contribution in [0.3, 0.4) is 0 Å². The molecule has 2 aromatic rings. The van der Waals surface area contributed by atoms with Gasteiger partial charge in [-0.15, -0.1) is 0 Å². The highest BCUT2D eigenvalue weighted by Gasteiger charge is 2.23. The van der Waals surface area contributed by atoms with Gasteiger partial charge in [-0.2, -0.15) is 10.4 Å². The van der Waals surface area contributed by atoms with Gasteiger partial charge in [0.05, 0.1) is 5.69 Å². The number of nitriles is 1. The van der Waals surface area contributed by atoms with Crippen LogP contribution in [0.1, 0.15) is 64.1 Å². The minimum absolute atomic E-state index is 0.00594. The number of nitrogens with zero attached hydrogens (tertiary/aromatic N) is 3. The molecule has 1 unspecified atom stereocenters. The molecule has 0 aliphatic rings. The van der Waals surface area contributed by atoms with E-state index in [1.807, 2.05) is 51.1 Å². The van der Waals surface area contributed by atoms with Crippen molar-refractivity contribution in [3.8, 4) is 6.07 Å². The summed E-state index contributed by atoms with van der Waals surface area (Å²) in [7, 11) is 0.